The molecule has 0 unspecified atom stereocenters. The standard InChI is InChI=1S/C23H20F3N5O3/c1-29-21(32)20(28-31(22(29)33)16-8-6-15(14-27)7-9-16)30-12-10-17(11-13-30)34-19-5-3-2-4-18(19)23(24,25)26/h2-9,17H,10-13H2,1H3. The van der Waals surface area contributed by atoms with E-state index >= 15 is 0 Å². The van der Waals surface area contributed by atoms with Gasteiger partial charge < -0.3 is 9.64 Å². The number of hydrogen-bond donors (Lipinski definition) is 0. The van der Waals surface area contributed by atoms with Gasteiger partial charge in [0.05, 0.1) is 22.9 Å². The molecule has 1 aliphatic heterocycles. The minimum atomic E-state index is -4.52. The fourth-order valence-corrected chi connectivity index (χ4v) is 3.77. The number of anilines is 1. The average molecular weight is 471 g/mol. The Bertz CT molecular complexity index is 1350. The number of ether oxygens (including phenoxy) is 1. The normalized spacial score (nSPS) is 14.6. The van der Waals surface area contributed by atoms with Crippen molar-refractivity contribution in [1.82, 2.24) is 14.3 Å². The summed E-state index contributed by atoms with van der Waals surface area (Å²) in [5.41, 5.74) is -1.24. The predicted molar refractivity (Wildman–Crippen MR) is 117 cm³/mol. The average Bonchev–Trinajstić information content (AvgIpc) is 2.83. The monoisotopic (exact) mass is 471 g/mol. The van der Waals surface area contributed by atoms with Gasteiger partial charge in [-0.3, -0.25) is 9.36 Å². The van der Waals surface area contributed by atoms with E-state index in [1.54, 1.807) is 17.0 Å². The highest BCUT2D eigenvalue weighted by atomic mass is 19.4. The van der Waals surface area contributed by atoms with E-state index in [2.05, 4.69) is 5.10 Å². The molecule has 0 saturated carbocycles. The highest BCUT2D eigenvalue weighted by Gasteiger charge is 2.35. The molecule has 3 aromatic rings. The fourth-order valence-electron chi connectivity index (χ4n) is 3.77. The van der Waals surface area contributed by atoms with Gasteiger partial charge in [-0.05, 0) is 36.4 Å². The maximum atomic E-state index is 13.2. The van der Waals surface area contributed by atoms with Gasteiger partial charge in [-0.15, -0.1) is 5.10 Å². The summed E-state index contributed by atoms with van der Waals surface area (Å²) in [5.74, 6) is -0.169. The van der Waals surface area contributed by atoms with E-state index < -0.39 is 29.1 Å². The third kappa shape index (κ3) is 4.52. The topological polar surface area (TPSA) is 93.2 Å². The second kappa shape index (κ2) is 9.05. The Kier molecular flexibility index (Phi) is 6.15. The first kappa shape index (κ1) is 23.1. The number of nitrogens with zero attached hydrogens (tertiary/aromatic N) is 5. The molecule has 1 fully saturated rings. The first-order chi connectivity index (χ1) is 16.2. The van der Waals surface area contributed by atoms with Gasteiger partial charge in [-0.25, -0.2) is 4.79 Å². The first-order valence-corrected chi connectivity index (χ1v) is 10.5. The molecule has 0 bridgehead atoms. The van der Waals surface area contributed by atoms with Crippen LogP contribution in [0.5, 0.6) is 5.75 Å². The quantitative estimate of drug-likeness (QED) is 0.581. The zero-order valence-electron chi connectivity index (χ0n) is 18.1. The van der Waals surface area contributed by atoms with E-state index in [0.717, 1.165) is 15.3 Å². The molecule has 1 aliphatic rings. The number of para-hydroxylation sites is 1. The molecular formula is C23H20F3N5O3. The zero-order valence-corrected chi connectivity index (χ0v) is 18.1. The molecule has 11 heteroatoms. The largest absolute Gasteiger partial charge is 0.490 e. The van der Waals surface area contributed by atoms with Crippen LogP contribution >= 0.6 is 0 Å². The van der Waals surface area contributed by atoms with Gasteiger partial charge in [-0.1, -0.05) is 12.1 Å². The van der Waals surface area contributed by atoms with Crippen LogP contribution in [0.25, 0.3) is 5.69 Å². The second-order valence-corrected chi connectivity index (χ2v) is 7.84. The minimum Gasteiger partial charge on any atom is -0.490 e. The van der Waals surface area contributed by atoms with Gasteiger partial charge in [0.15, 0.2) is 0 Å². The van der Waals surface area contributed by atoms with E-state index in [9.17, 15) is 22.8 Å². The summed E-state index contributed by atoms with van der Waals surface area (Å²) >= 11 is 0. The van der Waals surface area contributed by atoms with Gasteiger partial charge >= 0.3 is 11.9 Å². The molecule has 2 aromatic carbocycles. The SMILES string of the molecule is Cn1c(=O)c(N2CCC(Oc3ccccc3C(F)(F)F)CC2)nn(-c2ccc(C#N)cc2)c1=O. The summed E-state index contributed by atoms with van der Waals surface area (Å²) in [6.07, 6.45) is -4.25. The van der Waals surface area contributed by atoms with Crippen LogP contribution in [0.3, 0.4) is 0 Å². The first-order valence-electron chi connectivity index (χ1n) is 10.5. The van der Waals surface area contributed by atoms with E-state index in [1.165, 1.54) is 37.4 Å². The Morgan fingerprint density at radius 2 is 1.71 bits per heavy atom. The van der Waals surface area contributed by atoms with E-state index in [1.807, 2.05) is 6.07 Å². The summed E-state index contributed by atoms with van der Waals surface area (Å²) in [6, 6.07) is 13.2. The molecule has 0 atom stereocenters. The van der Waals surface area contributed by atoms with Gasteiger partial charge in [0.1, 0.15) is 11.9 Å². The molecule has 0 amide bonds. The molecule has 4 rings (SSSR count). The van der Waals surface area contributed by atoms with Crippen LogP contribution in [0.4, 0.5) is 19.0 Å². The van der Waals surface area contributed by atoms with Crippen LogP contribution in [0.2, 0.25) is 0 Å². The lowest BCUT2D eigenvalue weighted by Crippen LogP contribution is -2.46. The molecule has 1 saturated heterocycles. The lowest BCUT2D eigenvalue weighted by atomic mass is 10.1. The van der Waals surface area contributed by atoms with Gasteiger partial charge in [-0.2, -0.15) is 23.1 Å². The molecule has 1 aromatic heterocycles. The number of piperidine rings is 1. The van der Waals surface area contributed by atoms with Crippen molar-refractivity contribution in [2.75, 3.05) is 18.0 Å². The highest BCUT2D eigenvalue weighted by Crippen LogP contribution is 2.37. The molecule has 0 spiro atoms. The summed E-state index contributed by atoms with van der Waals surface area (Å²) in [4.78, 5) is 27.1. The molecule has 0 aliphatic carbocycles. The number of halogens is 3. The third-order valence-corrected chi connectivity index (χ3v) is 5.63. The summed E-state index contributed by atoms with van der Waals surface area (Å²) in [5, 5.41) is 13.2. The lowest BCUT2D eigenvalue weighted by Gasteiger charge is -2.33. The molecule has 0 radical (unpaired) electrons. The Balaban J connectivity index is 1.55. The molecular weight excluding hydrogens is 451 g/mol. The van der Waals surface area contributed by atoms with Crippen molar-refractivity contribution in [2.45, 2.75) is 25.1 Å². The molecule has 34 heavy (non-hydrogen) atoms. The summed E-state index contributed by atoms with van der Waals surface area (Å²) < 4.78 is 47.4. The Morgan fingerprint density at radius 1 is 1.06 bits per heavy atom. The van der Waals surface area contributed by atoms with Crippen molar-refractivity contribution in [3.8, 4) is 17.5 Å². The van der Waals surface area contributed by atoms with Crippen molar-refractivity contribution in [1.29, 1.82) is 5.26 Å². The van der Waals surface area contributed by atoms with Crippen LogP contribution in [-0.2, 0) is 13.2 Å². The lowest BCUT2D eigenvalue weighted by molar-refractivity contribution is -0.139. The Hall–Kier alpha value is -4.07. The maximum Gasteiger partial charge on any atom is 0.419 e. The highest BCUT2D eigenvalue weighted by molar-refractivity contribution is 5.41. The molecule has 176 valence electrons. The number of hydrogen-bond acceptors (Lipinski definition) is 6. The Morgan fingerprint density at radius 3 is 2.32 bits per heavy atom. The molecule has 2 heterocycles. The number of aromatic nitrogens is 3. The number of rotatable bonds is 4. The zero-order chi connectivity index (χ0) is 24.5. The summed E-state index contributed by atoms with van der Waals surface area (Å²) in [7, 11) is 1.35. The van der Waals surface area contributed by atoms with E-state index in [0.29, 0.717) is 37.2 Å². The smallest absolute Gasteiger partial charge is 0.419 e. The Labute approximate surface area is 192 Å². The van der Waals surface area contributed by atoms with Gasteiger partial charge in [0.2, 0.25) is 5.82 Å². The van der Waals surface area contributed by atoms with Crippen LogP contribution in [0.1, 0.15) is 24.0 Å². The second-order valence-electron chi connectivity index (χ2n) is 7.84. The maximum absolute atomic E-state index is 13.2. The number of nitriles is 1. The summed E-state index contributed by atoms with van der Waals surface area (Å²) in [6.45, 7) is 0.624. The number of alkyl halides is 3. The van der Waals surface area contributed by atoms with Gasteiger partial charge in [0, 0.05) is 33.0 Å². The fraction of sp³-hybridized carbons (Fsp3) is 0.304. The molecule has 0 N–H and O–H groups in total. The van der Waals surface area contributed by atoms with E-state index in [4.69, 9.17) is 10.00 Å². The van der Waals surface area contributed by atoms with Crippen molar-refractivity contribution in [3.63, 3.8) is 0 Å². The number of benzene rings is 2. The predicted octanol–water partition coefficient (Wildman–Crippen LogP) is 2.87. The van der Waals surface area contributed by atoms with Crippen molar-refractivity contribution in [3.05, 3.63) is 80.5 Å². The van der Waals surface area contributed by atoms with Crippen LogP contribution in [-0.4, -0.2) is 33.5 Å². The van der Waals surface area contributed by atoms with Crippen molar-refractivity contribution >= 4 is 5.82 Å². The van der Waals surface area contributed by atoms with Crippen LogP contribution < -0.4 is 20.9 Å². The van der Waals surface area contributed by atoms with Crippen molar-refractivity contribution in [2.24, 2.45) is 7.05 Å². The van der Waals surface area contributed by atoms with E-state index in [-0.39, 0.29) is 11.6 Å². The van der Waals surface area contributed by atoms with Crippen molar-refractivity contribution < 1.29 is 17.9 Å². The minimum absolute atomic E-state index is 0.0561. The van der Waals surface area contributed by atoms with Crippen LogP contribution in [0, 0.1) is 11.3 Å². The van der Waals surface area contributed by atoms with Crippen LogP contribution in [0.15, 0.2) is 58.1 Å². The van der Waals surface area contributed by atoms with Gasteiger partial charge in [0.25, 0.3) is 5.56 Å². The molecule has 8 nitrogen and oxygen atoms in total. The third-order valence-electron chi connectivity index (χ3n) is 5.63.